The second kappa shape index (κ2) is 4.79. The minimum absolute atomic E-state index is 0.202. The van der Waals surface area contributed by atoms with E-state index in [-0.39, 0.29) is 5.02 Å². The van der Waals surface area contributed by atoms with Gasteiger partial charge >= 0.3 is 5.97 Å². The molecule has 0 radical (unpaired) electrons. The van der Waals surface area contributed by atoms with Crippen LogP contribution in [0, 0.1) is 12.7 Å². The summed E-state index contributed by atoms with van der Waals surface area (Å²) in [7, 11) is 0. The summed E-state index contributed by atoms with van der Waals surface area (Å²) in [5, 5.41) is 11.2. The van der Waals surface area contributed by atoms with Crippen LogP contribution in [0.25, 0.3) is 0 Å². The average molecular weight is 230 g/mol. The molecule has 1 aromatic rings. The van der Waals surface area contributed by atoms with Crippen LogP contribution in [0.4, 0.5) is 10.1 Å². The van der Waals surface area contributed by atoms with Crippen LogP contribution in [-0.4, -0.2) is 11.1 Å². The van der Waals surface area contributed by atoms with Crippen molar-refractivity contribution in [2.45, 2.75) is 6.92 Å². The molecule has 1 rings (SSSR count). The first-order valence-corrected chi connectivity index (χ1v) is 4.50. The topological polar surface area (TPSA) is 49.3 Å². The first kappa shape index (κ1) is 11.5. The smallest absolute Gasteiger partial charge is 0.329 e. The Bertz CT molecular complexity index is 418. The number of hydrogen-bond acceptors (Lipinski definition) is 2. The van der Waals surface area contributed by atoms with Crippen LogP contribution in [-0.2, 0) is 4.79 Å². The number of aryl methyl sites for hydroxylation is 1. The molecule has 0 aromatic heterocycles. The predicted molar refractivity (Wildman–Crippen MR) is 56.5 cm³/mol. The van der Waals surface area contributed by atoms with E-state index in [2.05, 4.69) is 5.32 Å². The Balaban J connectivity index is 2.86. The molecule has 0 aliphatic rings. The standard InChI is InChI=1S/C10H9ClFNO2/c1-6-4-9(7(11)5-8(6)12)13-3-2-10(14)15/h2-5,13H,1H3,(H,14,15)/b3-2+. The molecule has 0 saturated heterocycles. The van der Waals surface area contributed by atoms with Gasteiger partial charge in [0.2, 0.25) is 0 Å². The van der Waals surface area contributed by atoms with Crippen LogP contribution in [0.2, 0.25) is 5.02 Å². The van der Waals surface area contributed by atoms with Gasteiger partial charge in [-0.25, -0.2) is 9.18 Å². The Labute approximate surface area is 91.2 Å². The quantitative estimate of drug-likeness (QED) is 0.784. The molecule has 0 bridgehead atoms. The Hall–Kier alpha value is -1.55. The normalized spacial score (nSPS) is 10.6. The molecule has 0 aliphatic heterocycles. The molecule has 0 aliphatic carbocycles. The van der Waals surface area contributed by atoms with E-state index in [0.717, 1.165) is 6.08 Å². The number of nitrogens with one attached hydrogen (secondary N) is 1. The highest BCUT2D eigenvalue weighted by Gasteiger charge is 2.03. The lowest BCUT2D eigenvalue weighted by Crippen LogP contribution is -1.94. The molecule has 2 N–H and O–H groups in total. The Morgan fingerprint density at radius 1 is 1.60 bits per heavy atom. The van der Waals surface area contributed by atoms with Crippen molar-refractivity contribution in [1.82, 2.24) is 0 Å². The minimum Gasteiger partial charge on any atom is -0.478 e. The molecular weight excluding hydrogens is 221 g/mol. The zero-order valence-electron chi connectivity index (χ0n) is 7.92. The van der Waals surface area contributed by atoms with E-state index in [1.54, 1.807) is 6.92 Å². The summed E-state index contributed by atoms with van der Waals surface area (Å²) in [6, 6.07) is 2.68. The summed E-state index contributed by atoms with van der Waals surface area (Å²) in [6.45, 7) is 1.59. The molecule has 0 unspecified atom stereocenters. The van der Waals surface area contributed by atoms with Gasteiger partial charge in [0, 0.05) is 12.3 Å². The lowest BCUT2D eigenvalue weighted by atomic mass is 10.2. The van der Waals surface area contributed by atoms with Crippen LogP contribution in [0.5, 0.6) is 0 Å². The van der Waals surface area contributed by atoms with Crippen molar-refractivity contribution in [1.29, 1.82) is 0 Å². The fraction of sp³-hybridized carbons (Fsp3) is 0.100. The van der Waals surface area contributed by atoms with Crippen LogP contribution in [0.15, 0.2) is 24.4 Å². The summed E-state index contributed by atoms with van der Waals surface area (Å²) in [5.74, 6) is -1.47. The summed E-state index contributed by atoms with van der Waals surface area (Å²) >= 11 is 5.73. The van der Waals surface area contributed by atoms with Gasteiger partial charge in [-0.05, 0) is 24.6 Å². The van der Waals surface area contributed by atoms with Crippen LogP contribution < -0.4 is 5.32 Å². The van der Waals surface area contributed by atoms with Crippen LogP contribution in [0.3, 0.4) is 0 Å². The van der Waals surface area contributed by atoms with Gasteiger partial charge < -0.3 is 10.4 Å². The van der Waals surface area contributed by atoms with E-state index in [9.17, 15) is 9.18 Å². The van der Waals surface area contributed by atoms with Gasteiger partial charge in [0.1, 0.15) is 5.82 Å². The highest BCUT2D eigenvalue weighted by molar-refractivity contribution is 6.33. The summed E-state index contributed by atoms with van der Waals surface area (Å²) in [4.78, 5) is 10.2. The van der Waals surface area contributed by atoms with Crippen molar-refractivity contribution in [3.8, 4) is 0 Å². The van der Waals surface area contributed by atoms with Crippen LogP contribution in [0.1, 0.15) is 5.56 Å². The maximum Gasteiger partial charge on any atom is 0.329 e. The van der Waals surface area contributed by atoms with Crippen molar-refractivity contribution in [3.63, 3.8) is 0 Å². The number of hydrogen-bond donors (Lipinski definition) is 2. The van der Waals surface area contributed by atoms with E-state index in [4.69, 9.17) is 16.7 Å². The molecule has 0 heterocycles. The van der Waals surface area contributed by atoms with E-state index >= 15 is 0 Å². The molecule has 0 saturated carbocycles. The summed E-state index contributed by atoms with van der Waals surface area (Å²) in [5.41, 5.74) is 0.902. The second-order valence-electron chi connectivity index (χ2n) is 2.90. The van der Waals surface area contributed by atoms with E-state index in [0.29, 0.717) is 11.3 Å². The average Bonchev–Trinajstić information content (AvgIpc) is 2.13. The number of carboxylic acids is 1. The van der Waals surface area contributed by atoms with Gasteiger partial charge in [-0.1, -0.05) is 11.6 Å². The zero-order chi connectivity index (χ0) is 11.4. The second-order valence-corrected chi connectivity index (χ2v) is 3.30. The number of rotatable bonds is 3. The molecule has 5 heteroatoms. The van der Waals surface area contributed by atoms with Gasteiger partial charge in [-0.3, -0.25) is 0 Å². The number of carboxylic acid groups (broad SMARTS) is 1. The van der Waals surface area contributed by atoms with Crippen molar-refractivity contribution in [2.75, 3.05) is 5.32 Å². The Morgan fingerprint density at radius 3 is 2.87 bits per heavy atom. The van der Waals surface area contributed by atoms with E-state index in [1.165, 1.54) is 18.3 Å². The molecule has 1 aromatic carbocycles. The fourth-order valence-electron chi connectivity index (χ4n) is 0.971. The molecule has 3 nitrogen and oxygen atoms in total. The van der Waals surface area contributed by atoms with Crippen molar-refractivity contribution >= 4 is 23.3 Å². The van der Waals surface area contributed by atoms with Crippen molar-refractivity contribution in [3.05, 3.63) is 40.8 Å². The maximum absolute atomic E-state index is 13.0. The lowest BCUT2D eigenvalue weighted by molar-refractivity contribution is -0.131. The molecule has 0 fully saturated rings. The molecule has 0 atom stereocenters. The minimum atomic E-state index is -1.07. The van der Waals surface area contributed by atoms with Gasteiger partial charge in [0.25, 0.3) is 0 Å². The fourth-order valence-corrected chi connectivity index (χ4v) is 1.18. The Kier molecular flexibility index (Phi) is 3.68. The maximum atomic E-state index is 13.0. The molecule has 0 amide bonds. The number of benzene rings is 1. The first-order chi connectivity index (χ1) is 7.00. The first-order valence-electron chi connectivity index (χ1n) is 4.12. The molecular formula is C10H9ClFNO2. The third-order valence-electron chi connectivity index (χ3n) is 1.71. The zero-order valence-corrected chi connectivity index (χ0v) is 8.68. The van der Waals surface area contributed by atoms with E-state index < -0.39 is 11.8 Å². The number of aliphatic carboxylic acids is 1. The van der Waals surface area contributed by atoms with Gasteiger partial charge in [0.05, 0.1) is 10.7 Å². The van der Waals surface area contributed by atoms with Crippen molar-refractivity contribution in [2.24, 2.45) is 0 Å². The summed E-state index contributed by atoms with van der Waals surface area (Å²) in [6.07, 6.45) is 2.15. The third kappa shape index (κ3) is 3.25. The highest BCUT2D eigenvalue weighted by Crippen LogP contribution is 2.24. The summed E-state index contributed by atoms with van der Waals surface area (Å²) < 4.78 is 13.0. The number of halogens is 2. The van der Waals surface area contributed by atoms with Crippen molar-refractivity contribution < 1.29 is 14.3 Å². The molecule has 80 valence electrons. The third-order valence-corrected chi connectivity index (χ3v) is 2.03. The Morgan fingerprint density at radius 2 is 2.27 bits per heavy atom. The van der Waals surface area contributed by atoms with Gasteiger partial charge in [-0.2, -0.15) is 0 Å². The monoisotopic (exact) mass is 229 g/mol. The number of anilines is 1. The molecule has 15 heavy (non-hydrogen) atoms. The van der Waals surface area contributed by atoms with E-state index in [1.807, 2.05) is 0 Å². The number of carbonyl (C=O) groups is 1. The molecule has 0 spiro atoms. The SMILES string of the molecule is Cc1cc(N/C=C/C(=O)O)c(Cl)cc1F. The van der Waals surface area contributed by atoms with Crippen LogP contribution >= 0.6 is 11.6 Å². The predicted octanol–water partition coefficient (Wildman–Crippen LogP) is 2.80. The lowest BCUT2D eigenvalue weighted by Gasteiger charge is -2.05. The highest BCUT2D eigenvalue weighted by atomic mass is 35.5. The van der Waals surface area contributed by atoms with Gasteiger partial charge in [0.15, 0.2) is 0 Å². The largest absolute Gasteiger partial charge is 0.478 e. The van der Waals surface area contributed by atoms with Gasteiger partial charge in [-0.15, -0.1) is 0 Å².